The van der Waals surface area contributed by atoms with Gasteiger partial charge >= 0.3 is 0 Å². The average Bonchev–Trinajstić information content (AvgIpc) is 3.43. The van der Waals surface area contributed by atoms with Gasteiger partial charge in [-0.2, -0.15) is 10.2 Å². The van der Waals surface area contributed by atoms with Crippen LogP contribution < -0.4 is 16.6 Å². The van der Waals surface area contributed by atoms with Gasteiger partial charge in [0.15, 0.2) is 5.82 Å². The number of halogens is 1. The Morgan fingerprint density at radius 2 is 1.87 bits per heavy atom. The maximum Gasteiger partial charge on any atom is 0.264 e. The van der Waals surface area contributed by atoms with Crippen molar-refractivity contribution >= 4 is 38.4 Å². The number of hydrogen-bond acceptors (Lipinski definition) is 5. The molecule has 0 bridgehead atoms. The molecule has 5 rings (SSSR count). The van der Waals surface area contributed by atoms with Gasteiger partial charge in [0.1, 0.15) is 10.2 Å². The number of carbonyl (C=O) groups is 1. The lowest BCUT2D eigenvalue weighted by Crippen LogP contribution is -2.32. The van der Waals surface area contributed by atoms with Crippen LogP contribution in [-0.2, 0) is 14.1 Å². The summed E-state index contributed by atoms with van der Waals surface area (Å²) in [5, 5.41) is 12.4. The largest absolute Gasteiger partial charge is 0.382 e. The zero-order valence-electron chi connectivity index (χ0n) is 20.9. The Bertz CT molecular complexity index is 1810. The fraction of sp³-hybridized carbons (Fsp3) is 0.143. The fourth-order valence-corrected chi connectivity index (χ4v) is 4.81. The van der Waals surface area contributed by atoms with Gasteiger partial charge in [0.2, 0.25) is 0 Å². The summed E-state index contributed by atoms with van der Waals surface area (Å²) < 4.78 is 5.24. The Hall–Kier alpha value is -4.62. The molecular formula is C28H24BrN7O2. The fourth-order valence-electron chi connectivity index (χ4n) is 4.35. The highest BCUT2D eigenvalue weighted by Crippen LogP contribution is 2.26. The molecular weight excluding hydrogens is 546 g/mol. The molecule has 2 aromatic carbocycles. The summed E-state index contributed by atoms with van der Waals surface area (Å²) in [6.45, 7) is 1.82. The molecule has 0 saturated carbocycles. The predicted octanol–water partition coefficient (Wildman–Crippen LogP) is 3.69. The third-order valence-corrected chi connectivity index (χ3v) is 7.07. The summed E-state index contributed by atoms with van der Waals surface area (Å²) in [6, 6.07) is 16.2. The van der Waals surface area contributed by atoms with Crippen molar-refractivity contribution in [2.45, 2.75) is 13.0 Å². The molecule has 0 aliphatic carbocycles. The van der Waals surface area contributed by atoms with Crippen molar-refractivity contribution in [2.75, 3.05) is 5.73 Å². The first-order valence-electron chi connectivity index (χ1n) is 11.8. The number of nitrogens with two attached hydrogens (primary N) is 1. The van der Waals surface area contributed by atoms with Gasteiger partial charge in [-0.1, -0.05) is 42.2 Å². The number of nitrogen functional groups attached to an aromatic ring is 1. The molecule has 0 saturated heterocycles. The molecule has 3 aromatic heterocycles. The Morgan fingerprint density at radius 3 is 2.53 bits per heavy atom. The molecule has 1 atom stereocenters. The van der Waals surface area contributed by atoms with Crippen LogP contribution in [0.25, 0.3) is 16.5 Å². The third-order valence-electron chi connectivity index (χ3n) is 6.16. The van der Waals surface area contributed by atoms with Crippen molar-refractivity contribution in [2.24, 2.45) is 14.1 Å². The van der Waals surface area contributed by atoms with Crippen molar-refractivity contribution in [3.05, 3.63) is 104 Å². The lowest BCUT2D eigenvalue weighted by atomic mass is 10.0. The van der Waals surface area contributed by atoms with E-state index in [1.54, 1.807) is 22.5 Å². The Kier molecular flexibility index (Phi) is 6.61. The Labute approximate surface area is 227 Å². The smallest absolute Gasteiger partial charge is 0.264 e. The van der Waals surface area contributed by atoms with Crippen LogP contribution in [0.15, 0.2) is 76.4 Å². The second-order valence-corrected chi connectivity index (χ2v) is 9.59. The van der Waals surface area contributed by atoms with Crippen molar-refractivity contribution in [1.29, 1.82) is 0 Å². The van der Waals surface area contributed by atoms with Gasteiger partial charge in [0, 0.05) is 37.2 Å². The molecule has 0 spiro atoms. The first kappa shape index (κ1) is 25.0. The van der Waals surface area contributed by atoms with Crippen molar-refractivity contribution in [3.8, 4) is 17.5 Å². The highest BCUT2D eigenvalue weighted by molar-refractivity contribution is 9.10. The molecule has 5 aromatic rings. The molecule has 0 aliphatic heterocycles. The first-order chi connectivity index (χ1) is 18.2. The number of fused-ring (bicyclic) bond motifs is 1. The molecule has 0 radical (unpaired) electrons. The van der Waals surface area contributed by atoms with Crippen LogP contribution >= 0.6 is 15.9 Å². The van der Waals surface area contributed by atoms with E-state index in [1.807, 2.05) is 74.8 Å². The summed E-state index contributed by atoms with van der Waals surface area (Å²) in [6.07, 6.45) is 3.49. The number of nitrogens with zero attached hydrogens (tertiary/aromatic N) is 5. The van der Waals surface area contributed by atoms with Crippen LogP contribution in [0.1, 0.15) is 40.1 Å². The van der Waals surface area contributed by atoms with Crippen molar-refractivity contribution in [3.63, 3.8) is 0 Å². The molecule has 0 aliphatic rings. The van der Waals surface area contributed by atoms with Gasteiger partial charge in [-0.05, 0) is 52.5 Å². The predicted molar refractivity (Wildman–Crippen MR) is 150 cm³/mol. The number of pyridine rings is 1. The van der Waals surface area contributed by atoms with E-state index in [0.29, 0.717) is 26.9 Å². The van der Waals surface area contributed by atoms with Crippen LogP contribution in [-0.4, -0.2) is 30.0 Å². The lowest BCUT2D eigenvalue weighted by molar-refractivity contribution is 0.0938. The van der Waals surface area contributed by atoms with Crippen LogP contribution in [0.4, 0.5) is 5.82 Å². The number of nitrogens with one attached hydrogen (secondary N) is 1. The van der Waals surface area contributed by atoms with E-state index in [-0.39, 0.29) is 16.9 Å². The zero-order chi connectivity index (χ0) is 27.0. The molecule has 9 nitrogen and oxygen atoms in total. The SMILES string of the molecule is C[C@H](NC(=O)c1c(N)nn(C)c1Br)c1cc2cccc(C#Cc3cnn(C)c3)c2c(=O)n1-c1ccccc1. The minimum absolute atomic E-state index is 0.111. The highest BCUT2D eigenvalue weighted by atomic mass is 79.9. The van der Waals surface area contributed by atoms with Crippen molar-refractivity contribution in [1.82, 2.24) is 29.4 Å². The summed E-state index contributed by atoms with van der Waals surface area (Å²) in [5.41, 5.74) is 8.62. The van der Waals surface area contributed by atoms with E-state index in [2.05, 4.69) is 43.3 Å². The van der Waals surface area contributed by atoms with Gasteiger partial charge in [-0.3, -0.25) is 23.5 Å². The molecule has 0 unspecified atom stereocenters. The quantitative estimate of drug-likeness (QED) is 0.320. The van der Waals surface area contributed by atoms with E-state index in [0.717, 1.165) is 10.9 Å². The molecule has 3 N–H and O–H groups in total. The Balaban J connectivity index is 1.65. The molecule has 0 fully saturated rings. The maximum absolute atomic E-state index is 14.1. The first-order valence-corrected chi connectivity index (χ1v) is 12.6. The monoisotopic (exact) mass is 569 g/mol. The number of carbonyl (C=O) groups excluding carboxylic acids is 1. The number of benzene rings is 2. The number of amides is 1. The van der Waals surface area contributed by atoms with Crippen molar-refractivity contribution < 1.29 is 4.79 Å². The molecule has 10 heteroatoms. The summed E-state index contributed by atoms with van der Waals surface area (Å²) in [7, 11) is 3.51. The standard InChI is InChI=1S/C28H24BrN7O2/c1-17(32-27(37)24-25(29)35(3)33-26(24)30)22-14-20-9-7-8-19(13-12-18-15-31-34(2)16-18)23(20)28(38)36(22)21-10-5-4-6-11-21/h4-11,14-17H,1-3H3,(H2,30,33)(H,32,37)/t17-/m0/s1. The van der Waals surface area contributed by atoms with Crippen LogP contribution in [0, 0.1) is 11.8 Å². The van der Waals surface area contributed by atoms with E-state index >= 15 is 0 Å². The van der Waals surface area contributed by atoms with Gasteiger partial charge in [0.25, 0.3) is 11.5 Å². The topological polar surface area (TPSA) is 113 Å². The highest BCUT2D eigenvalue weighted by Gasteiger charge is 2.24. The average molecular weight is 570 g/mol. The third kappa shape index (κ3) is 4.60. The minimum atomic E-state index is -0.545. The molecule has 3 heterocycles. The Morgan fingerprint density at radius 1 is 1.11 bits per heavy atom. The number of hydrogen-bond donors (Lipinski definition) is 2. The van der Waals surface area contributed by atoms with Crippen LogP contribution in [0.3, 0.4) is 0 Å². The lowest BCUT2D eigenvalue weighted by Gasteiger charge is -2.21. The van der Waals surface area contributed by atoms with Gasteiger partial charge in [-0.15, -0.1) is 0 Å². The minimum Gasteiger partial charge on any atom is -0.382 e. The second-order valence-electron chi connectivity index (χ2n) is 8.84. The maximum atomic E-state index is 14.1. The number of anilines is 1. The summed E-state index contributed by atoms with van der Waals surface area (Å²) in [5.74, 6) is 5.94. The number of rotatable bonds is 4. The van der Waals surface area contributed by atoms with E-state index < -0.39 is 11.9 Å². The van der Waals surface area contributed by atoms with Crippen LogP contribution in [0.2, 0.25) is 0 Å². The molecule has 1 amide bonds. The molecule has 38 heavy (non-hydrogen) atoms. The van der Waals surface area contributed by atoms with Gasteiger partial charge in [-0.25, -0.2) is 0 Å². The van der Waals surface area contributed by atoms with E-state index in [1.165, 1.54) is 4.68 Å². The van der Waals surface area contributed by atoms with E-state index in [9.17, 15) is 9.59 Å². The number of aromatic nitrogens is 5. The number of para-hydroxylation sites is 1. The normalized spacial score (nSPS) is 11.7. The summed E-state index contributed by atoms with van der Waals surface area (Å²) >= 11 is 3.37. The second kappa shape index (κ2) is 10.0. The van der Waals surface area contributed by atoms with Gasteiger partial charge < -0.3 is 11.1 Å². The zero-order valence-corrected chi connectivity index (χ0v) is 22.5. The number of aryl methyl sites for hydroxylation is 2. The van der Waals surface area contributed by atoms with E-state index in [4.69, 9.17) is 5.73 Å². The molecule has 190 valence electrons. The summed E-state index contributed by atoms with van der Waals surface area (Å²) in [4.78, 5) is 27.3. The van der Waals surface area contributed by atoms with Gasteiger partial charge in [0.05, 0.1) is 23.2 Å². The van der Waals surface area contributed by atoms with Crippen LogP contribution in [0.5, 0.6) is 0 Å².